The zero-order chi connectivity index (χ0) is 13.5. The summed E-state index contributed by atoms with van der Waals surface area (Å²) in [6, 6.07) is 0. The Labute approximate surface area is 108 Å². The number of likely N-dealkylation sites (tertiary alicyclic amines) is 1. The lowest BCUT2D eigenvalue weighted by Gasteiger charge is -2.25. The summed E-state index contributed by atoms with van der Waals surface area (Å²) < 4.78 is 0. The van der Waals surface area contributed by atoms with Crippen molar-refractivity contribution in [3.05, 3.63) is 12.7 Å². The van der Waals surface area contributed by atoms with E-state index in [9.17, 15) is 14.7 Å². The van der Waals surface area contributed by atoms with Gasteiger partial charge < -0.3 is 14.9 Å². The number of hydrogen-bond donors (Lipinski definition) is 1. The van der Waals surface area contributed by atoms with Gasteiger partial charge in [0.15, 0.2) is 0 Å². The van der Waals surface area contributed by atoms with Crippen molar-refractivity contribution in [3.8, 4) is 0 Å². The monoisotopic (exact) mass is 254 g/mol. The van der Waals surface area contributed by atoms with Crippen molar-refractivity contribution >= 4 is 11.8 Å². The highest BCUT2D eigenvalue weighted by molar-refractivity contribution is 5.90. The van der Waals surface area contributed by atoms with Crippen LogP contribution in [-0.4, -0.2) is 59.0 Å². The van der Waals surface area contributed by atoms with E-state index in [1.165, 1.54) is 11.0 Å². The van der Waals surface area contributed by atoms with Crippen molar-refractivity contribution in [2.45, 2.75) is 32.3 Å². The van der Waals surface area contributed by atoms with Crippen molar-refractivity contribution in [3.63, 3.8) is 0 Å². The van der Waals surface area contributed by atoms with Gasteiger partial charge in [0.25, 0.3) is 0 Å². The second-order valence-electron chi connectivity index (χ2n) is 4.52. The minimum Gasteiger partial charge on any atom is -0.393 e. The summed E-state index contributed by atoms with van der Waals surface area (Å²) in [7, 11) is 0. The Morgan fingerprint density at radius 1 is 1.44 bits per heavy atom. The van der Waals surface area contributed by atoms with E-state index in [1.54, 1.807) is 4.90 Å². The standard InChI is InChI=1S/C13H22N2O3/c1-3-12(17)14(4-2)10-13(18)15-8-5-6-11(16)7-9-15/h3,11,16H,1,4-10H2,2H3. The van der Waals surface area contributed by atoms with Gasteiger partial charge >= 0.3 is 0 Å². The number of nitrogens with zero attached hydrogens (tertiary/aromatic N) is 2. The Morgan fingerprint density at radius 2 is 2.17 bits per heavy atom. The largest absolute Gasteiger partial charge is 0.393 e. The number of aliphatic hydroxyl groups excluding tert-OH is 1. The molecule has 2 amide bonds. The van der Waals surface area contributed by atoms with Crippen LogP contribution in [0.4, 0.5) is 0 Å². The first kappa shape index (κ1) is 14.7. The molecule has 0 radical (unpaired) electrons. The normalized spacial score (nSPS) is 20.1. The molecule has 1 heterocycles. The second-order valence-corrected chi connectivity index (χ2v) is 4.52. The SMILES string of the molecule is C=CC(=O)N(CC)CC(=O)N1CCCC(O)CC1. The lowest BCUT2D eigenvalue weighted by atomic mass is 10.2. The molecule has 1 saturated heterocycles. The highest BCUT2D eigenvalue weighted by Gasteiger charge is 2.21. The number of likely N-dealkylation sites (N-methyl/N-ethyl adjacent to an activating group) is 1. The van der Waals surface area contributed by atoms with Crippen LogP contribution in [0, 0.1) is 0 Å². The molecule has 5 heteroatoms. The minimum atomic E-state index is -0.306. The quantitative estimate of drug-likeness (QED) is 0.738. The van der Waals surface area contributed by atoms with E-state index in [0.717, 1.165) is 12.8 Å². The van der Waals surface area contributed by atoms with E-state index < -0.39 is 0 Å². The topological polar surface area (TPSA) is 60.9 Å². The van der Waals surface area contributed by atoms with Gasteiger partial charge in [0.05, 0.1) is 12.6 Å². The van der Waals surface area contributed by atoms with Crippen LogP contribution in [0.15, 0.2) is 12.7 Å². The van der Waals surface area contributed by atoms with Crippen LogP contribution in [0.5, 0.6) is 0 Å². The zero-order valence-electron chi connectivity index (χ0n) is 11.0. The van der Waals surface area contributed by atoms with Gasteiger partial charge in [-0.05, 0) is 32.3 Å². The van der Waals surface area contributed by atoms with Crippen molar-refractivity contribution in [2.75, 3.05) is 26.2 Å². The minimum absolute atomic E-state index is 0.0545. The van der Waals surface area contributed by atoms with Gasteiger partial charge in [-0.1, -0.05) is 6.58 Å². The maximum Gasteiger partial charge on any atom is 0.246 e. The molecular weight excluding hydrogens is 232 g/mol. The van der Waals surface area contributed by atoms with E-state index in [-0.39, 0.29) is 24.5 Å². The van der Waals surface area contributed by atoms with Crippen LogP contribution >= 0.6 is 0 Å². The predicted molar refractivity (Wildman–Crippen MR) is 68.9 cm³/mol. The lowest BCUT2D eigenvalue weighted by Crippen LogP contribution is -2.42. The van der Waals surface area contributed by atoms with Gasteiger partial charge in [-0.3, -0.25) is 9.59 Å². The van der Waals surface area contributed by atoms with E-state index in [2.05, 4.69) is 6.58 Å². The predicted octanol–water partition coefficient (Wildman–Crippen LogP) is 0.394. The van der Waals surface area contributed by atoms with Crippen LogP contribution in [0.1, 0.15) is 26.2 Å². The van der Waals surface area contributed by atoms with Crippen LogP contribution in [0.25, 0.3) is 0 Å². The van der Waals surface area contributed by atoms with E-state index in [4.69, 9.17) is 0 Å². The molecular formula is C13H22N2O3. The maximum absolute atomic E-state index is 12.1. The maximum atomic E-state index is 12.1. The van der Waals surface area contributed by atoms with Crippen molar-refractivity contribution in [1.29, 1.82) is 0 Å². The molecule has 5 nitrogen and oxygen atoms in total. The number of rotatable bonds is 4. The molecule has 1 atom stereocenters. The van der Waals surface area contributed by atoms with Gasteiger partial charge in [0, 0.05) is 19.6 Å². The van der Waals surface area contributed by atoms with Gasteiger partial charge in [0.2, 0.25) is 11.8 Å². The van der Waals surface area contributed by atoms with E-state index >= 15 is 0 Å². The Kier molecular flexibility index (Phi) is 5.85. The third-order valence-corrected chi connectivity index (χ3v) is 3.24. The summed E-state index contributed by atoms with van der Waals surface area (Å²) in [6.45, 7) is 7.08. The molecule has 0 aromatic rings. The zero-order valence-corrected chi connectivity index (χ0v) is 11.0. The molecule has 1 aliphatic rings. The summed E-state index contributed by atoms with van der Waals surface area (Å²) in [5.74, 6) is -0.276. The highest BCUT2D eigenvalue weighted by Crippen LogP contribution is 2.11. The Balaban J connectivity index is 2.52. The molecule has 0 saturated carbocycles. The Bertz CT molecular complexity index is 317. The smallest absolute Gasteiger partial charge is 0.246 e. The first-order valence-corrected chi connectivity index (χ1v) is 6.45. The summed E-state index contributed by atoms with van der Waals surface area (Å²) >= 11 is 0. The number of hydrogen-bond acceptors (Lipinski definition) is 3. The average Bonchev–Trinajstić information content (AvgIpc) is 2.59. The van der Waals surface area contributed by atoms with Gasteiger partial charge in [0.1, 0.15) is 0 Å². The summed E-state index contributed by atoms with van der Waals surface area (Å²) in [5, 5.41) is 9.53. The number of carbonyl (C=O) groups excluding carboxylic acids is 2. The van der Waals surface area contributed by atoms with Crippen molar-refractivity contribution in [1.82, 2.24) is 9.80 Å². The van der Waals surface area contributed by atoms with Crippen LogP contribution in [0.3, 0.4) is 0 Å². The molecule has 18 heavy (non-hydrogen) atoms. The average molecular weight is 254 g/mol. The fourth-order valence-electron chi connectivity index (χ4n) is 2.07. The lowest BCUT2D eigenvalue weighted by molar-refractivity contribution is -0.138. The molecule has 1 fully saturated rings. The van der Waals surface area contributed by atoms with Gasteiger partial charge in [-0.2, -0.15) is 0 Å². The van der Waals surface area contributed by atoms with E-state index in [0.29, 0.717) is 26.1 Å². The van der Waals surface area contributed by atoms with Gasteiger partial charge in [-0.15, -0.1) is 0 Å². The molecule has 0 aromatic carbocycles. The van der Waals surface area contributed by atoms with E-state index in [1.807, 2.05) is 6.92 Å². The summed E-state index contributed by atoms with van der Waals surface area (Å²) in [5.41, 5.74) is 0. The Hall–Kier alpha value is -1.36. The first-order valence-electron chi connectivity index (χ1n) is 6.45. The highest BCUT2D eigenvalue weighted by atomic mass is 16.3. The van der Waals surface area contributed by atoms with Crippen LogP contribution in [0.2, 0.25) is 0 Å². The first-order chi connectivity index (χ1) is 8.58. The molecule has 0 aromatic heterocycles. The van der Waals surface area contributed by atoms with Crippen LogP contribution in [-0.2, 0) is 9.59 Å². The summed E-state index contributed by atoms with van der Waals surface area (Å²) in [6.07, 6.45) is 3.09. The molecule has 0 spiro atoms. The second kappa shape index (κ2) is 7.16. The molecule has 102 valence electrons. The summed E-state index contributed by atoms with van der Waals surface area (Å²) in [4.78, 5) is 26.7. The third kappa shape index (κ3) is 4.14. The fourth-order valence-corrected chi connectivity index (χ4v) is 2.07. The van der Waals surface area contributed by atoms with Crippen molar-refractivity contribution < 1.29 is 14.7 Å². The molecule has 1 unspecified atom stereocenters. The third-order valence-electron chi connectivity index (χ3n) is 3.24. The molecule has 0 bridgehead atoms. The molecule has 1 N–H and O–H groups in total. The van der Waals surface area contributed by atoms with Crippen molar-refractivity contribution in [2.24, 2.45) is 0 Å². The number of amides is 2. The number of carbonyl (C=O) groups is 2. The fraction of sp³-hybridized carbons (Fsp3) is 0.692. The van der Waals surface area contributed by atoms with Crippen LogP contribution < -0.4 is 0 Å². The molecule has 0 aliphatic carbocycles. The number of aliphatic hydroxyl groups is 1. The van der Waals surface area contributed by atoms with Gasteiger partial charge in [-0.25, -0.2) is 0 Å². The molecule has 1 rings (SSSR count). The Morgan fingerprint density at radius 3 is 2.78 bits per heavy atom. The molecule has 1 aliphatic heterocycles.